The van der Waals surface area contributed by atoms with Crippen LogP contribution >= 0.6 is 11.6 Å². The number of benzene rings is 1. The maximum atomic E-state index is 11.9. The molecule has 100 valence electrons. The fourth-order valence-corrected chi connectivity index (χ4v) is 2.32. The van der Waals surface area contributed by atoms with Crippen molar-refractivity contribution in [2.75, 3.05) is 6.61 Å². The standard InChI is InChI=1S/C15H16ClNO2/c1-4-19-15(18)13-9-17(3)14(10(13)2)11-5-7-12(16)8-6-11/h5-9H,4H2,1-3H3. The number of ether oxygens (including phenoxy) is 1. The quantitative estimate of drug-likeness (QED) is 0.799. The molecule has 4 heteroatoms. The van der Waals surface area contributed by atoms with E-state index in [1.165, 1.54) is 0 Å². The number of rotatable bonds is 3. The monoisotopic (exact) mass is 277 g/mol. The van der Waals surface area contributed by atoms with Gasteiger partial charge in [-0.2, -0.15) is 0 Å². The molecule has 1 aromatic carbocycles. The maximum absolute atomic E-state index is 11.9. The van der Waals surface area contributed by atoms with Gasteiger partial charge in [-0.25, -0.2) is 4.79 Å². The summed E-state index contributed by atoms with van der Waals surface area (Å²) in [6.45, 7) is 4.11. The van der Waals surface area contributed by atoms with Crippen molar-refractivity contribution < 1.29 is 9.53 Å². The minimum absolute atomic E-state index is 0.282. The van der Waals surface area contributed by atoms with E-state index in [0.29, 0.717) is 17.2 Å². The second-order valence-corrected chi connectivity index (χ2v) is 4.79. The first-order valence-electron chi connectivity index (χ1n) is 6.13. The zero-order valence-electron chi connectivity index (χ0n) is 11.2. The zero-order chi connectivity index (χ0) is 14.0. The minimum atomic E-state index is -0.282. The lowest BCUT2D eigenvalue weighted by Crippen LogP contribution is -2.04. The number of carbonyl (C=O) groups excluding carboxylic acids is 1. The Hall–Kier alpha value is -1.74. The van der Waals surface area contributed by atoms with Crippen LogP contribution < -0.4 is 0 Å². The van der Waals surface area contributed by atoms with E-state index in [1.54, 1.807) is 13.1 Å². The van der Waals surface area contributed by atoms with Crippen molar-refractivity contribution in [1.29, 1.82) is 0 Å². The van der Waals surface area contributed by atoms with Crippen molar-refractivity contribution in [2.24, 2.45) is 7.05 Å². The molecule has 0 bridgehead atoms. The summed E-state index contributed by atoms with van der Waals surface area (Å²) in [5.41, 5.74) is 3.55. The van der Waals surface area contributed by atoms with Crippen molar-refractivity contribution in [2.45, 2.75) is 13.8 Å². The molecule has 0 radical (unpaired) electrons. The summed E-state index contributed by atoms with van der Waals surface area (Å²) in [4.78, 5) is 11.9. The SMILES string of the molecule is CCOC(=O)c1cn(C)c(-c2ccc(Cl)cc2)c1C. The van der Waals surface area contributed by atoms with Crippen LogP contribution in [0.2, 0.25) is 5.02 Å². The van der Waals surface area contributed by atoms with Crippen LogP contribution in [0.1, 0.15) is 22.8 Å². The fraction of sp³-hybridized carbons (Fsp3) is 0.267. The van der Waals surface area contributed by atoms with Crippen LogP contribution in [0.15, 0.2) is 30.5 Å². The predicted octanol–water partition coefficient (Wildman–Crippen LogP) is 3.83. The first-order chi connectivity index (χ1) is 9.04. The summed E-state index contributed by atoms with van der Waals surface area (Å²) in [6, 6.07) is 7.57. The molecule has 0 fully saturated rings. The lowest BCUT2D eigenvalue weighted by molar-refractivity contribution is 0.0525. The van der Waals surface area contributed by atoms with E-state index in [-0.39, 0.29) is 5.97 Å². The molecule has 3 nitrogen and oxygen atoms in total. The van der Waals surface area contributed by atoms with E-state index < -0.39 is 0 Å². The molecule has 0 aliphatic heterocycles. The molecule has 0 spiro atoms. The summed E-state index contributed by atoms with van der Waals surface area (Å²) in [5, 5.41) is 0.696. The van der Waals surface area contributed by atoms with E-state index in [1.807, 2.05) is 42.8 Å². The third kappa shape index (κ3) is 2.66. The first kappa shape index (κ1) is 13.7. The summed E-state index contributed by atoms with van der Waals surface area (Å²) in [5.74, 6) is -0.282. The largest absolute Gasteiger partial charge is 0.462 e. The van der Waals surface area contributed by atoms with Crippen LogP contribution in [-0.2, 0) is 11.8 Å². The highest BCUT2D eigenvalue weighted by molar-refractivity contribution is 6.30. The highest BCUT2D eigenvalue weighted by atomic mass is 35.5. The molecule has 19 heavy (non-hydrogen) atoms. The molecular weight excluding hydrogens is 262 g/mol. The average molecular weight is 278 g/mol. The molecule has 0 unspecified atom stereocenters. The van der Waals surface area contributed by atoms with Gasteiger partial charge in [0.2, 0.25) is 0 Å². The summed E-state index contributed by atoms with van der Waals surface area (Å²) in [6.07, 6.45) is 1.80. The molecule has 1 heterocycles. The number of esters is 1. The van der Waals surface area contributed by atoms with Crippen molar-refractivity contribution in [3.05, 3.63) is 46.6 Å². The van der Waals surface area contributed by atoms with Gasteiger partial charge in [0.25, 0.3) is 0 Å². The molecule has 0 aliphatic rings. The number of hydrogen-bond acceptors (Lipinski definition) is 2. The lowest BCUT2D eigenvalue weighted by atomic mass is 10.1. The zero-order valence-corrected chi connectivity index (χ0v) is 12.0. The van der Waals surface area contributed by atoms with Gasteiger partial charge in [0.1, 0.15) is 0 Å². The Morgan fingerprint density at radius 1 is 1.32 bits per heavy atom. The molecule has 0 saturated heterocycles. The van der Waals surface area contributed by atoms with E-state index in [9.17, 15) is 4.79 Å². The Morgan fingerprint density at radius 2 is 1.95 bits per heavy atom. The summed E-state index contributed by atoms with van der Waals surface area (Å²) >= 11 is 5.89. The van der Waals surface area contributed by atoms with E-state index in [0.717, 1.165) is 16.8 Å². The van der Waals surface area contributed by atoms with Crippen LogP contribution in [0.25, 0.3) is 11.3 Å². The lowest BCUT2D eigenvalue weighted by Gasteiger charge is -2.06. The Balaban J connectivity index is 2.47. The fourth-order valence-electron chi connectivity index (χ4n) is 2.19. The maximum Gasteiger partial charge on any atom is 0.339 e. The van der Waals surface area contributed by atoms with Crippen LogP contribution in [-0.4, -0.2) is 17.1 Å². The Labute approximate surface area is 117 Å². The second kappa shape index (κ2) is 5.49. The third-order valence-corrected chi connectivity index (χ3v) is 3.30. The topological polar surface area (TPSA) is 31.2 Å². The van der Waals surface area contributed by atoms with E-state index in [2.05, 4.69) is 0 Å². The normalized spacial score (nSPS) is 10.5. The summed E-state index contributed by atoms with van der Waals surface area (Å²) in [7, 11) is 1.92. The van der Waals surface area contributed by atoms with Crippen molar-refractivity contribution in [1.82, 2.24) is 4.57 Å². The third-order valence-electron chi connectivity index (χ3n) is 3.05. The molecule has 0 atom stereocenters. The number of aromatic nitrogens is 1. The molecule has 1 aromatic heterocycles. The molecule has 2 aromatic rings. The van der Waals surface area contributed by atoms with Crippen molar-refractivity contribution in [3.63, 3.8) is 0 Å². The van der Waals surface area contributed by atoms with Gasteiger partial charge in [-0.1, -0.05) is 23.7 Å². The molecule has 0 saturated carbocycles. The van der Waals surface area contributed by atoms with E-state index >= 15 is 0 Å². The first-order valence-corrected chi connectivity index (χ1v) is 6.51. The molecule has 0 amide bonds. The number of carbonyl (C=O) groups is 1. The Morgan fingerprint density at radius 3 is 2.53 bits per heavy atom. The molecule has 0 N–H and O–H groups in total. The number of halogens is 1. The predicted molar refractivity (Wildman–Crippen MR) is 76.6 cm³/mol. The van der Waals surface area contributed by atoms with Crippen LogP contribution in [0.5, 0.6) is 0 Å². The second-order valence-electron chi connectivity index (χ2n) is 4.35. The number of hydrogen-bond donors (Lipinski definition) is 0. The van der Waals surface area contributed by atoms with Gasteiger partial charge >= 0.3 is 5.97 Å². The molecule has 2 rings (SSSR count). The van der Waals surface area contributed by atoms with Crippen LogP contribution in [0, 0.1) is 6.92 Å². The van der Waals surface area contributed by atoms with Crippen molar-refractivity contribution >= 4 is 17.6 Å². The summed E-state index contributed by atoms with van der Waals surface area (Å²) < 4.78 is 6.99. The Bertz CT molecular complexity index is 599. The Kier molecular flexibility index (Phi) is 3.96. The highest BCUT2D eigenvalue weighted by Gasteiger charge is 2.18. The average Bonchev–Trinajstić information content (AvgIpc) is 2.67. The minimum Gasteiger partial charge on any atom is -0.462 e. The van der Waals surface area contributed by atoms with Gasteiger partial charge in [-0.05, 0) is 37.1 Å². The van der Waals surface area contributed by atoms with Gasteiger partial charge < -0.3 is 9.30 Å². The number of aryl methyl sites for hydroxylation is 1. The highest BCUT2D eigenvalue weighted by Crippen LogP contribution is 2.28. The van der Waals surface area contributed by atoms with Gasteiger partial charge in [0.05, 0.1) is 17.9 Å². The van der Waals surface area contributed by atoms with Gasteiger partial charge in [0, 0.05) is 18.3 Å². The van der Waals surface area contributed by atoms with Crippen LogP contribution in [0.3, 0.4) is 0 Å². The number of nitrogens with zero attached hydrogens (tertiary/aromatic N) is 1. The smallest absolute Gasteiger partial charge is 0.339 e. The molecular formula is C15H16ClNO2. The van der Waals surface area contributed by atoms with E-state index in [4.69, 9.17) is 16.3 Å². The van der Waals surface area contributed by atoms with Gasteiger partial charge in [-0.3, -0.25) is 0 Å². The van der Waals surface area contributed by atoms with Crippen molar-refractivity contribution in [3.8, 4) is 11.3 Å². The molecule has 0 aliphatic carbocycles. The van der Waals surface area contributed by atoms with Crippen LogP contribution in [0.4, 0.5) is 0 Å². The van der Waals surface area contributed by atoms with Gasteiger partial charge in [-0.15, -0.1) is 0 Å². The van der Waals surface area contributed by atoms with Gasteiger partial charge in [0.15, 0.2) is 0 Å².